The van der Waals surface area contributed by atoms with Crippen LogP contribution in [0.25, 0.3) is 39.0 Å². The molecule has 4 aliphatic heterocycles. The molecule has 330 valence electrons. The number of carbonyl (C=O) groups is 1. The summed E-state index contributed by atoms with van der Waals surface area (Å²) in [6, 6.07) is 9.76. The highest BCUT2D eigenvalue weighted by Crippen LogP contribution is 2.44. The molecule has 2 aromatic heterocycles. The van der Waals surface area contributed by atoms with Crippen molar-refractivity contribution >= 4 is 47.7 Å². The molecule has 2 atom stereocenters. The first kappa shape index (κ1) is 44.1. The Labute approximate surface area is 368 Å². The SMILES string of the molecule is COCOc1cc(-c2ncc3c(N4CC5CCC(C4)N5C(=O)OC(C)(C)C)nc(/C=C/C45CCCN4CCC5)nc3c2F)c2c(C#C[Si](C(C)C)(C(C)C)C(C)C)cccc2c1. The number of nitrogens with zero attached hydrogens (tertiary/aromatic N) is 6. The first-order valence-corrected chi connectivity index (χ1v) is 25.1. The Kier molecular flexibility index (Phi) is 12.2. The van der Waals surface area contributed by atoms with Crippen LogP contribution in [0, 0.1) is 17.3 Å². The summed E-state index contributed by atoms with van der Waals surface area (Å²) >= 11 is 0. The number of halogens is 1. The minimum atomic E-state index is -2.10. The van der Waals surface area contributed by atoms with Crippen molar-refractivity contribution in [2.45, 2.75) is 141 Å². The zero-order chi connectivity index (χ0) is 44.1. The Morgan fingerprint density at radius 1 is 1.00 bits per heavy atom. The molecule has 0 radical (unpaired) electrons. The summed E-state index contributed by atoms with van der Waals surface area (Å²) in [7, 11) is -0.524. The Morgan fingerprint density at radius 2 is 1.68 bits per heavy atom. The number of carbonyl (C=O) groups excluding carboxylic acids is 1. The fourth-order valence-electron chi connectivity index (χ4n) is 11.4. The monoisotopic (exact) mass is 860 g/mol. The van der Waals surface area contributed by atoms with Gasteiger partial charge in [0.25, 0.3) is 0 Å². The van der Waals surface area contributed by atoms with Crippen LogP contribution in [0.15, 0.2) is 42.6 Å². The summed E-state index contributed by atoms with van der Waals surface area (Å²) < 4.78 is 35.1. The molecule has 1 amide bonds. The number of benzene rings is 2. The molecule has 0 aliphatic carbocycles. The first-order chi connectivity index (χ1) is 29.5. The largest absolute Gasteiger partial charge is 0.468 e. The number of piperazine rings is 1. The van der Waals surface area contributed by atoms with Crippen molar-refractivity contribution in [3.8, 4) is 28.5 Å². The number of ether oxygens (including phenoxy) is 3. The van der Waals surface area contributed by atoms with Crippen molar-refractivity contribution in [2.75, 3.05) is 45.0 Å². The summed E-state index contributed by atoms with van der Waals surface area (Å²) in [4.78, 5) is 35.3. The lowest BCUT2D eigenvalue weighted by atomic mass is 9.93. The molecule has 12 heteroatoms. The van der Waals surface area contributed by atoms with Crippen LogP contribution in [0.3, 0.4) is 0 Å². The Morgan fingerprint density at radius 3 is 2.31 bits per heavy atom. The molecule has 4 saturated heterocycles. The van der Waals surface area contributed by atoms with Crippen LogP contribution < -0.4 is 9.64 Å². The van der Waals surface area contributed by atoms with Crippen molar-refractivity contribution in [3.63, 3.8) is 0 Å². The van der Waals surface area contributed by atoms with E-state index in [1.807, 2.05) is 62.1 Å². The summed E-state index contributed by atoms with van der Waals surface area (Å²) in [6.45, 7) is 22.9. The highest BCUT2D eigenvalue weighted by Gasteiger charge is 2.46. The van der Waals surface area contributed by atoms with Crippen molar-refractivity contribution in [1.29, 1.82) is 0 Å². The molecule has 62 heavy (non-hydrogen) atoms. The molecule has 4 aromatic rings. The molecule has 6 heterocycles. The number of fused-ring (bicyclic) bond motifs is 5. The number of amides is 1. The van der Waals surface area contributed by atoms with Crippen LogP contribution in [0.4, 0.5) is 15.0 Å². The number of pyridine rings is 1. The van der Waals surface area contributed by atoms with E-state index >= 15 is 4.39 Å². The van der Waals surface area contributed by atoms with Gasteiger partial charge in [0.15, 0.2) is 18.4 Å². The van der Waals surface area contributed by atoms with E-state index < -0.39 is 19.5 Å². The molecule has 2 bridgehead atoms. The molecule has 10 nitrogen and oxygen atoms in total. The third-order valence-electron chi connectivity index (χ3n) is 14.1. The molecule has 0 saturated carbocycles. The van der Waals surface area contributed by atoms with Crippen molar-refractivity contribution in [3.05, 3.63) is 59.8 Å². The molecule has 4 fully saturated rings. The molecule has 4 aliphatic rings. The van der Waals surface area contributed by atoms with Crippen molar-refractivity contribution in [2.24, 2.45) is 0 Å². The highest BCUT2D eigenvalue weighted by molar-refractivity contribution is 6.90. The van der Waals surface area contributed by atoms with Gasteiger partial charge in [-0.3, -0.25) is 14.8 Å². The standard InChI is InChI=1S/C50H65FN6O4Si/c1-32(2)62(33(3)4,34(5)6)25-19-35-14-11-15-36-26-39(60-31-59-10)27-40(43(35)36)45-44(51)46-41(28-52-45)47(54-42(53-46)18-22-50-20-12-23-56(50)24-13-21-50)55-29-37-16-17-38(30-55)57(37)48(58)61-49(7,8)9/h11,14-15,18,22,26-28,32-34,37-38H,12-13,16-17,20-21,23-24,29-31H2,1-10H3/b22-18+. The average molecular weight is 861 g/mol. The molecule has 2 unspecified atom stereocenters. The van der Waals surface area contributed by atoms with Gasteiger partial charge in [-0.2, -0.15) is 0 Å². The molecular formula is C50H65FN6O4Si. The van der Waals surface area contributed by atoms with E-state index in [0.29, 0.717) is 58.1 Å². The van der Waals surface area contributed by atoms with E-state index in [4.69, 9.17) is 29.2 Å². The van der Waals surface area contributed by atoms with Gasteiger partial charge in [0, 0.05) is 48.4 Å². The topological polar surface area (TPSA) is 93.2 Å². The maximum atomic E-state index is 17.9. The smallest absolute Gasteiger partial charge is 0.410 e. The second kappa shape index (κ2) is 17.2. The van der Waals surface area contributed by atoms with E-state index in [0.717, 1.165) is 68.0 Å². The van der Waals surface area contributed by atoms with Crippen LogP contribution in [-0.2, 0) is 9.47 Å². The quantitative estimate of drug-likeness (QED) is 0.0878. The van der Waals surface area contributed by atoms with Gasteiger partial charge in [-0.05, 0) is 119 Å². The minimum absolute atomic E-state index is 0.0152. The van der Waals surface area contributed by atoms with E-state index in [-0.39, 0.29) is 41.7 Å². The molecule has 0 spiro atoms. The normalized spacial score (nSPS) is 20.3. The van der Waals surface area contributed by atoms with Gasteiger partial charge in [0.05, 0.1) is 17.5 Å². The van der Waals surface area contributed by atoms with Gasteiger partial charge >= 0.3 is 6.09 Å². The fraction of sp³-hybridized carbons (Fsp3) is 0.560. The Hall–Kier alpha value is -4.57. The molecular weight excluding hydrogens is 796 g/mol. The number of anilines is 1. The van der Waals surface area contributed by atoms with Gasteiger partial charge < -0.3 is 19.1 Å². The van der Waals surface area contributed by atoms with Crippen LogP contribution in [0.5, 0.6) is 5.75 Å². The summed E-state index contributed by atoms with van der Waals surface area (Å²) in [6.07, 6.45) is 11.9. The van der Waals surface area contributed by atoms with Gasteiger partial charge in [-0.25, -0.2) is 19.2 Å². The lowest BCUT2D eigenvalue weighted by Crippen LogP contribution is -2.57. The lowest BCUT2D eigenvalue weighted by Gasteiger charge is -2.42. The van der Waals surface area contributed by atoms with Gasteiger partial charge in [-0.15, -0.1) is 5.54 Å². The summed E-state index contributed by atoms with van der Waals surface area (Å²) in [5.74, 6) is 4.78. The molecule has 2 aromatic carbocycles. The van der Waals surface area contributed by atoms with E-state index in [2.05, 4.69) is 68.9 Å². The zero-order valence-electron chi connectivity index (χ0n) is 38.5. The first-order valence-electron chi connectivity index (χ1n) is 22.8. The van der Waals surface area contributed by atoms with Gasteiger partial charge in [0.1, 0.15) is 36.5 Å². The Balaban J connectivity index is 1.29. The number of aromatic nitrogens is 3. The second-order valence-electron chi connectivity index (χ2n) is 20.0. The van der Waals surface area contributed by atoms with Crippen LogP contribution in [0.1, 0.15) is 112 Å². The predicted octanol–water partition coefficient (Wildman–Crippen LogP) is 10.8. The van der Waals surface area contributed by atoms with E-state index in [9.17, 15) is 4.79 Å². The molecule has 0 N–H and O–H groups in total. The lowest BCUT2D eigenvalue weighted by molar-refractivity contribution is 0.0123. The minimum Gasteiger partial charge on any atom is -0.468 e. The second-order valence-corrected chi connectivity index (χ2v) is 25.5. The Bertz CT molecular complexity index is 2390. The zero-order valence-corrected chi connectivity index (χ0v) is 39.5. The van der Waals surface area contributed by atoms with Crippen molar-refractivity contribution in [1.82, 2.24) is 24.8 Å². The predicted molar refractivity (Wildman–Crippen MR) is 250 cm³/mol. The summed E-state index contributed by atoms with van der Waals surface area (Å²) in [5, 5.41) is 2.23. The van der Waals surface area contributed by atoms with Gasteiger partial charge in [0.2, 0.25) is 0 Å². The summed E-state index contributed by atoms with van der Waals surface area (Å²) in [5.41, 5.74) is 6.45. The third kappa shape index (κ3) is 8.09. The van der Waals surface area contributed by atoms with E-state index in [1.54, 1.807) is 13.3 Å². The van der Waals surface area contributed by atoms with E-state index in [1.165, 1.54) is 0 Å². The van der Waals surface area contributed by atoms with Gasteiger partial charge in [-0.1, -0.05) is 65.7 Å². The number of methoxy groups -OCH3 is 1. The highest BCUT2D eigenvalue weighted by atomic mass is 28.3. The van der Waals surface area contributed by atoms with Crippen molar-refractivity contribution < 1.29 is 23.4 Å². The van der Waals surface area contributed by atoms with Crippen LogP contribution in [0.2, 0.25) is 16.6 Å². The average Bonchev–Trinajstić information content (AvgIpc) is 3.88. The maximum absolute atomic E-state index is 17.9. The number of hydrogen-bond donors (Lipinski definition) is 0. The number of rotatable bonds is 10. The van der Waals surface area contributed by atoms with Crippen LogP contribution in [-0.4, -0.2) is 102 Å². The third-order valence-corrected chi connectivity index (χ3v) is 20.4. The fourth-order valence-corrected chi connectivity index (χ4v) is 16.6. The number of hydrogen-bond acceptors (Lipinski definition) is 9. The van der Waals surface area contributed by atoms with Crippen LogP contribution >= 0.6 is 0 Å². The molecule has 8 rings (SSSR count). The maximum Gasteiger partial charge on any atom is 0.410 e.